The van der Waals surface area contributed by atoms with Crippen LogP contribution in [0.3, 0.4) is 0 Å². The van der Waals surface area contributed by atoms with Crippen molar-refractivity contribution >= 4 is 11.6 Å². The fourth-order valence-corrected chi connectivity index (χ4v) is 2.58. The summed E-state index contributed by atoms with van der Waals surface area (Å²) < 4.78 is 5.28. The zero-order chi connectivity index (χ0) is 14.6. The summed E-state index contributed by atoms with van der Waals surface area (Å²) in [5.74, 6) is 0.868. The highest BCUT2D eigenvalue weighted by Gasteiger charge is 2.25. The average molecular weight is 290 g/mol. The van der Waals surface area contributed by atoms with Gasteiger partial charge in [0.1, 0.15) is 5.75 Å². The molecule has 0 aliphatic heterocycles. The number of methoxy groups -OCH3 is 1. The lowest BCUT2D eigenvalue weighted by Crippen LogP contribution is -2.34. The Morgan fingerprint density at radius 3 is 2.55 bits per heavy atom. The molecular formula is C17H20ClNO. The minimum Gasteiger partial charge on any atom is -0.497 e. The van der Waals surface area contributed by atoms with Gasteiger partial charge in [-0.05, 0) is 41.8 Å². The standard InChI is InChI=1S/C17H20ClNO/c1-17(12-19,14-6-4-7-15(18)10-14)11-13-5-3-8-16(9-13)20-2/h3-10H,11-12,19H2,1-2H3. The van der Waals surface area contributed by atoms with Crippen LogP contribution in [0.2, 0.25) is 5.02 Å². The van der Waals surface area contributed by atoms with Crippen LogP contribution in [-0.2, 0) is 11.8 Å². The largest absolute Gasteiger partial charge is 0.497 e. The van der Waals surface area contributed by atoms with Gasteiger partial charge in [0.05, 0.1) is 7.11 Å². The van der Waals surface area contributed by atoms with E-state index in [4.69, 9.17) is 22.1 Å². The normalized spacial score (nSPS) is 13.8. The monoisotopic (exact) mass is 289 g/mol. The zero-order valence-corrected chi connectivity index (χ0v) is 12.7. The third kappa shape index (κ3) is 3.33. The lowest BCUT2D eigenvalue weighted by atomic mass is 9.77. The van der Waals surface area contributed by atoms with E-state index in [0.29, 0.717) is 6.54 Å². The summed E-state index contributed by atoms with van der Waals surface area (Å²) in [5, 5.41) is 0.743. The fraction of sp³-hybridized carbons (Fsp3) is 0.294. The molecule has 1 atom stereocenters. The third-order valence-corrected chi connectivity index (χ3v) is 3.94. The molecule has 0 heterocycles. The van der Waals surface area contributed by atoms with E-state index < -0.39 is 0 Å². The maximum atomic E-state index is 6.10. The summed E-state index contributed by atoms with van der Waals surface area (Å²) in [5.41, 5.74) is 8.26. The smallest absolute Gasteiger partial charge is 0.119 e. The van der Waals surface area contributed by atoms with Gasteiger partial charge in [-0.2, -0.15) is 0 Å². The van der Waals surface area contributed by atoms with Crippen molar-refractivity contribution in [1.82, 2.24) is 0 Å². The zero-order valence-electron chi connectivity index (χ0n) is 11.9. The van der Waals surface area contributed by atoms with Crippen LogP contribution in [0, 0.1) is 0 Å². The maximum absolute atomic E-state index is 6.10. The van der Waals surface area contributed by atoms with Crippen molar-refractivity contribution in [2.45, 2.75) is 18.8 Å². The first-order chi connectivity index (χ1) is 9.57. The minimum absolute atomic E-state index is 0.142. The number of hydrogen-bond acceptors (Lipinski definition) is 2. The molecule has 0 fully saturated rings. The van der Waals surface area contributed by atoms with E-state index in [9.17, 15) is 0 Å². The van der Waals surface area contributed by atoms with E-state index in [1.807, 2.05) is 30.3 Å². The number of benzene rings is 2. The lowest BCUT2D eigenvalue weighted by molar-refractivity contribution is 0.413. The molecule has 0 saturated carbocycles. The lowest BCUT2D eigenvalue weighted by Gasteiger charge is -2.29. The van der Waals surface area contributed by atoms with Crippen LogP contribution >= 0.6 is 11.6 Å². The van der Waals surface area contributed by atoms with Gasteiger partial charge in [0.2, 0.25) is 0 Å². The van der Waals surface area contributed by atoms with Crippen LogP contribution in [0.4, 0.5) is 0 Å². The van der Waals surface area contributed by atoms with Gasteiger partial charge in [0, 0.05) is 17.0 Å². The first-order valence-electron chi connectivity index (χ1n) is 6.66. The van der Waals surface area contributed by atoms with Crippen LogP contribution in [0.15, 0.2) is 48.5 Å². The average Bonchev–Trinajstić information content (AvgIpc) is 2.47. The summed E-state index contributed by atoms with van der Waals surface area (Å²) in [7, 11) is 1.68. The number of halogens is 1. The van der Waals surface area contributed by atoms with Crippen LogP contribution in [0.5, 0.6) is 5.75 Å². The Kier molecular flexibility index (Phi) is 4.69. The minimum atomic E-state index is -0.142. The van der Waals surface area contributed by atoms with Crippen molar-refractivity contribution in [3.8, 4) is 5.75 Å². The Morgan fingerprint density at radius 1 is 1.15 bits per heavy atom. The van der Waals surface area contributed by atoms with Gasteiger partial charge in [-0.3, -0.25) is 0 Å². The molecule has 3 heteroatoms. The van der Waals surface area contributed by atoms with Gasteiger partial charge in [-0.15, -0.1) is 0 Å². The second-order valence-corrected chi connectivity index (χ2v) is 5.74. The SMILES string of the molecule is COc1cccc(CC(C)(CN)c2cccc(Cl)c2)c1. The molecule has 2 rings (SSSR count). The van der Waals surface area contributed by atoms with Gasteiger partial charge in [-0.25, -0.2) is 0 Å². The fourth-order valence-electron chi connectivity index (χ4n) is 2.39. The quantitative estimate of drug-likeness (QED) is 0.908. The molecule has 20 heavy (non-hydrogen) atoms. The Bertz CT molecular complexity index is 585. The summed E-state index contributed by atoms with van der Waals surface area (Å²) in [6.07, 6.45) is 0.848. The molecule has 2 N–H and O–H groups in total. The summed E-state index contributed by atoms with van der Waals surface area (Å²) in [6.45, 7) is 2.72. The molecule has 0 aliphatic rings. The molecule has 2 aromatic carbocycles. The van der Waals surface area contributed by atoms with E-state index in [0.717, 1.165) is 22.8 Å². The van der Waals surface area contributed by atoms with Crippen molar-refractivity contribution in [3.05, 3.63) is 64.7 Å². The number of nitrogens with two attached hydrogens (primary N) is 1. The van der Waals surface area contributed by atoms with Crippen molar-refractivity contribution in [2.24, 2.45) is 5.73 Å². The van der Waals surface area contributed by atoms with Gasteiger partial charge in [0.15, 0.2) is 0 Å². The van der Waals surface area contributed by atoms with Crippen molar-refractivity contribution < 1.29 is 4.74 Å². The Morgan fingerprint density at radius 2 is 1.90 bits per heavy atom. The maximum Gasteiger partial charge on any atom is 0.119 e. The van der Waals surface area contributed by atoms with Crippen molar-refractivity contribution in [3.63, 3.8) is 0 Å². The predicted molar refractivity (Wildman–Crippen MR) is 84.6 cm³/mol. The predicted octanol–water partition coefficient (Wildman–Crippen LogP) is 3.81. The molecule has 106 valence electrons. The highest BCUT2D eigenvalue weighted by molar-refractivity contribution is 6.30. The molecule has 0 aromatic heterocycles. The van der Waals surface area contributed by atoms with Gasteiger partial charge >= 0.3 is 0 Å². The summed E-state index contributed by atoms with van der Waals surface area (Å²) in [6, 6.07) is 16.0. The van der Waals surface area contributed by atoms with Crippen LogP contribution in [0.1, 0.15) is 18.1 Å². The second-order valence-electron chi connectivity index (χ2n) is 5.30. The molecule has 0 radical (unpaired) electrons. The molecule has 0 saturated heterocycles. The number of hydrogen-bond donors (Lipinski definition) is 1. The van der Waals surface area contributed by atoms with E-state index in [-0.39, 0.29) is 5.41 Å². The van der Waals surface area contributed by atoms with Crippen LogP contribution in [0.25, 0.3) is 0 Å². The van der Waals surface area contributed by atoms with Crippen LogP contribution < -0.4 is 10.5 Å². The molecule has 1 unspecified atom stereocenters. The van der Waals surface area contributed by atoms with Crippen LogP contribution in [-0.4, -0.2) is 13.7 Å². The van der Waals surface area contributed by atoms with E-state index in [1.54, 1.807) is 7.11 Å². The molecule has 0 bridgehead atoms. The third-order valence-electron chi connectivity index (χ3n) is 3.70. The molecule has 2 aromatic rings. The molecule has 0 amide bonds. The molecule has 2 nitrogen and oxygen atoms in total. The summed E-state index contributed by atoms with van der Waals surface area (Å²) in [4.78, 5) is 0. The topological polar surface area (TPSA) is 35.2 Å². The number of ether oxygens (including phenoxy) is 1. The first kappa shape index (κ1) is 14.9. The first-order valence-corrected chi connectivity index (χ1v) is 7.04. The molecule has 0 aliphatic carbocycles. The van der Waals surface area contributed by atoms with E-state index >= 15 is 0 Å². The summed E-state index contributed by atoms with van der Waals surface area (Å²) >= 11 is 6.10. The number of rotatable bonds is 5. The van der Waals surface area contributed by atoms with E-state index in [1.165, 1.54) is 5.56 Å². The highest BCUT2D eigenvalue weighted by atomic mass is 35.5. The molecular weight excluding hydrogens is 270 g/mol. The van der Waals surface area contributed by atoms with Crippen molar-refractivity contribution in [2.75, 3.05) is 13.7 Å². The van der Waals surface area contributed by atoms with Gasteiger partial charge < -0.3 is 10.5 Å². The van der Waals surface area contributed by atoms with Crippen molar-refractivity contribution in [1.29, 1.82) is 0 Å². The Balaban J connectivity index is 2.31. The van der Waals surface area contributed by atoms with Gasteiger partial charge in [-0.1, -0.05) is 42.8 Å². The van der Waals surface area contributed by atoms with E-state index in [2.05, 4.69) is 25.1 Å². The Hall–Kier alpha value is -1.51. The second kappa shape index (κ2) is 6.29. The van der Waals surface area contributed by atoms with Gasteiger partial charge in [0.25, 0.3) is 0 Å². The highest BCUT2D eigenvalue weighted by Crippen LogP contribution is 2.30. The Labute approximate surface area is 125 Å². The molecule has 0 spiro atoms.